The Kier molecular flexibility index (Phi) is 2.79. The zero-order valence-electron chi connectivity index (χ0n) is 8.25. The molecular formula is C10H20O2. The zero-order chi connectivity index (χ0) is 9.35. The maximum absolute atomic E-state index is 9.74. The van der Waals surface area contributed by atoms with Gasteiger partial charge in [0.2, 0.25) is 0 Å². The van der Waals surface area contributed by atoms with Crippen LogP contribution < -0.4 is 0 Å². The minimum Gasteiger partial charge on any atom is -0.393 e. The highest BCUT2D eigenvalue weighted by atomic mass is 16.3. The van der Waals surface area contributed by atoms with Gasteiger partial charge in [-0.2, -0.15) is 0 Å². The third-order valence-corrected chi connectivity index (χ3v) is 2.99. The summed E-state index contributed by atoms with van der Waals surface area (Å²) in [5.41, 5.74) is -0.723. The number of aliphatic hydroxyl groups excluding tert-OH is 1. The van der Waals surface area contributed by atoms with Gasteiger partial charge in [0.25, 0.3) is 0 Å². The normalized spacial score (nSPS) is 38.2. The molecule has 3 atom stereocenters. The summed E-state index contributed by atoms with van der Waals surface area (Å²) in [6.07, 6.45) is 2.61. The monoisotopic (exact) mass is 172 g/mol. The van der Waals surface area contributed by atoms with Crippen molar-refractivity contribution in [1.82, 2.24) is 0 Å². The average Bonchev–Trinajstić information content (AvgIpc) is 1.83. The van der Waals surface area contributed by atoms with Crippen molar-refractivity contribution in [1.29, 1.82) is 0 Å². The molecule has 0 spiro atoms. The lowest BCUT2D eigenvalue weighted by Crippen LogP contribution is -2.42. The van der Waals surface area contributed by atoms with Crippen LogP contribution in [0, 0.1) is 11.8 Å². The van der Waals surface area contributed by atoms with Crippen molar-refractivity contribution in [3.63, 3.8) is 0 Å². The lowest BCUT2D eigenvalue weighted by atomic mass is 9.73. The Morgan fingerprint density at radius 2 is 1.83 bits per heavy atom. The highest BCUT2D eigenvalue weighted by Gasteiger charge is 2.36. The molecule has 0 heterocycles. The Balaban J connectivity index is 2.57. The minimum atomic E-state index is -0.723. The van der Waals surface area contributed by atoms with Crippen LogP contribution in [0.15, 0.2) is 0 Å². The van der Waals surface area contributed by atoms with Crippen molar-refractivity contribution < 1.29 is 10.2 Å². The molecule has 0 aromatic carbocycles. The lowest BCUT2D eigenvalue weighted by Gasteiger charge is -2.38. The lowest BCUT2D eigenvalue weighted by molar-refractivity contribution is -0.0730. The smallest absolute Gasteiger partial charge is 0.0644 e. The summed E-state index contributed by atoms with van der Waals surface area (Å²) >= 11 is 0. The molecule has 0 saturated heterocycles. The highest BCUT2D eigenvalue weighted by Crippen LogP contribution is 2.35. The fourth-order valence-corrected chi connectivity index (χ4v) is 2.17. The van der Waals surface area contributed by atoms with Crippen LogP contribution in [0.25, 0.3) is 0 Å². The summed E-state index contributed by atoms with van der Waals surface area (Å²) in [5, 5.41) is 19.5. The number of rotatable bonds is 1. The maximum atomic E-state index is 9.74. The first-order chi connectivity index (χ1) is 5.41. The van der Waals surface area contributed by atoms with Crippen LogP contribution >= 0.6 is 0 Å². The van der Waals surface area contributed by atoms with Gasteiger partial charge in [0.15, 0.2) is 0 Å². The topological polar surface area (TPSA) is 40.5 Å². The van der Waals surface area contributed by atoms with Gasteiger partial charge in [0, 0.05) is 5.92 Å². The molecule has 12 heavy (non-hydrogen) atoms. The molecule has 1 aliphatic carbocycles. The van der Waals surface area contributed by atoms with E-state index in [1.165, 1.54) is 0 Å². The fourth-order valence-electron chi connectivity index (χ4n) is 2.17. The molecule has 2 heteroatoms. The molecule has 0 aliphatic heterocycles. The zero-order valence-corrected chi connectivity index (χ0v) is 8.25. The van der Waals surface area contributed by atoms with E-state index in [-0.39, 0.29) is 12.0 Å². The Morgan fingerprint density at radius 1 is 1.25 bits per heavy atom. The van der Waals surface area contributed by atoms with E-state index < -0.39 is 5.60 Å². The first kappa shape index (κ1) is 10.0. The SMILES string of the molecule is CC1CC[C@@H](C(C)(C)O)C(O)C1. The molecule has 2 N–H and O–H groups in total. The van der Waals surface area contributed by atoms with Gasteiger partial charge >= 0.3 is 0 Å². The molecule has 0 amide bonds. The van der Waals surface area contributed by atoms with Gasteiger partial charge in [-0.15, -0.1) is 0 Å². The summed E-state index contributed by atoms with van der Waals surface area (Å²) in [7, 11) is 0. The van der Waals surface area contributed by atoms with E-state index in [1.807, 2.05) is 0 Å². The van der Waals surface area contributed by atoms with E-state index >= 15 is 0 Å². The second-order valence-corrected chi connectivity index (χ2v) is 4.75. The van der Waals surface area contributed by atoms with Gasteiger partial charge in [0.1, 0.15) is 0 Å². The summed E-state index contributed by atoms with van der Waals surface area (Å²) < 4.78 is 0. The van der Waals surface area contributed by atoms with E-state index in [9.17, 15) is 10.2 Å². The second-order valence-electron chi connectivity index (χ2n) is 4.75. The van der Waals surface area contributed by atoms with E-state index in [0.29, 0.717) is 5.92 Å². The highest BCUT2D eigenvalue weighted by molar-refractivity contribution is 4.87. The molecule has 1 saturated carbocycles. The van der Waals surface area contributed by atoms with Gasteiger partial charge in [-0.05, 0) is 32.6 Å². The summed E-state index contributed by atoms with van der Waals surface area (Å²) in [4.78, 5) is 0. The summed E-state index contributed by atoms with van der Waals surface area (Å²) in [5.74, 6) is 0.673. The summed E-state index contributed by atoms with van der Waals surface area (Å²) in [6.45, 7) is 5.73. The third-order valence-electron chi connectivity index (χ3n) is 2.99. The van der Waals surface area contributed by atoms with Crippen LogP contribution in [0.1, 0.15) is 40.0 Å². The quantitative estimate of drug-likeness (QED) is 0.630. The first-order valence-corrected chi connectivity index (χ1v) is 4.81. The van der Waals surface area contributed by atoms with Crippen molar-refractivity contribution in [2.24, 2.45) is 11.8 Å². The van der Waals surface area contributed by atoms with Crippen LogP contribution in [0.2, 0.25) is 0 Å². The number of hydrogen-bond acceptors (Lipinski definition) is 2. The molecule has 2 unspecified atom stereocenters. The van der Waals surface area contributed by atoms with Gasteiger partial charge in [-0.3, -0.25) is 0 Å². The molecule has 72 valence electrons. The van der Waals surface area contributed by atoms with Gasteiger partial charge < -0.3 is 10.2 Å². The Morgan fingerprint density at radius 3 is 2.25 bits per heavy atom. The molecule has 2 nitrogen and oxygen atoms in total. The molecule has 1 fully saturated rings. The Bertz CT molecular complexity index is 148. The van der Waals surface area contributed by atoms with Crippen LogP contribution in [0.3, 0.4) is 0 Å². The van der Waals surface area contributed by atoms with Gasteiger partial charge in [-0.1, -0.05) is 13.3 Å². The van der Waals surface area contributed by atoms with E-state index in [2.05, 4.69) is 6.92 Å². The third kappa shape index (κ3) is 2.20. The average molecular weight is 172 g/mol. The maximum Gasteiger partial charge on any atom is 0.0644 e. The van der Waals surface area contributed by atoms with E-state index in [1.54, 1.807) is 13.8 Å². The van der Waals surface area contributed by atoms with Crippen molar-refractivity contribution >= 4 is 0 Å². The standard InChI is InChI=1S/C10H20O2/c1-7-4-5-8(9(11)6-7)10(2,3)12/h7-9,11-12H,4-6H2,1-3H3/t7?,8-,9?/m1/s1. The molecule has 0 aromatic rings. The minimum absolute atomic E-state index is 0.0636. The number of hydrogen-bond donors (Lipinski definition) is 2. The van der Waals surface area contributed by atoms with Crippen LogP contribution in [0.5, 0.6) is 0 Å². The Hall–Kier alpha value is -0.0800. The second kappa shape index (κ2) is 3.35. The molecule has 1 aliphatic rings. The first-order valence-electron chi connectivity index (χ1n) is 4.81. The van der Waals surface area contributed by atoms with Crippen molar-refractivity contribution in [3.05, 3.63) is 0 Å². The van der Waals surface area contributed by atoms with Crippen molar-refractivity contribution in [2.45, 2.75) is 51.7 Å². The molecule has 0 bridgehead atoms. The Labute approximate surface area is 74.6 Å². The van der Waals surface area contributed by atoms with Crippen LogP contribution in [-0.2, 0) is 0 Å². The van der Waals surface area contributed by atoms with E-state index in [0.717, 1.165) is 19.3 Å². The predicted molar refractivity (Wildman–Crippen MR) is 48.8 cm³/mol. The van der Waals surface area contributed by atoms with Crippen molar-refractivity contribution in [3.8, 4) is 0 Å². The van der Waals surface area contributed by atoms with Crippen LogP contribution in [-0.4, -0.2) is 21.9 Å². The molecule has 1 rings (SSSR count). The van der Waals surface area contributed by atoms with E-state index in [4.69, 9.17) is 0 Å². The largest absolute Gasteiger partial charge is 0.393 e. The molecule has 0 radical (unpaired) electrons. The molecule has 0 aromatic heterocycles. The predicted octanol–water partition coefficient (Wildman–Crippen LogP) is 1.55. The fraction of sp³-hybridized carbons (Fsp3) is 1.00. The summed E-state index contributed by atoms with van der Waals surface area (Å²) in [6, 6.07) is 0. The van der Waals surface area contributed by atoms with Crippen molar-refractivity contribution in [2.75, 3.05) is 0 Å². The van der Waals surface area contributed by atoms with Gasteiger partial charge in [0.05, 0.1) is 11.7 Å². The molecular weight excluding hydrogens is 152 g/mol. The van der Waals surface area contributed by atoms with Crippen LogP contribution in [0.4, 0.5) is 0 Å². The number of aliphatic hydroxyl groups is 2. The van der Waals surface area contributed by atoms with Gasteiger partial charge in [-0.25, -0.2) is 0 Å².